The van der Waals surface area contributed by atoms with E-state index in [0.29, 0.717) is 6.04 Å². The molecule has 1 heterocycles. The highest BCUT2D eigenvalue weighted by Crippen LogP contribution is 2.22. The molecule has 0 aromatic carbocycles. The van der Waals surface area contributed by atoms with Crippen molar-refractivity contribution in [3.63, 3.8) is 0 Å². The molecule has 2 nitrogen and oxygen atoms in total. The molecule has 1 aliphatic rings. The van der Waals surface area contributed by atoms with E-state index in [-0.39, 0.29) is 12.1 Å². The SMILES string of the molecule is CC\C=C/C=C/C=C/C=C/[C@@H]1CC[C@H](O)[C@H](C)N1C. The largest absolute Gasteiger partial charge is 0.392 e. The van der Waals surface area contributed by atoms with Gasteiger partial charge in [0.15, 0.2) is 0 Å². The van der Waals surface area contributed by atoms with Crippen LogP contribution in [0.25, 0.3) is 0 Å². The molecular formula is C17H27NO. The maximum atomic E-state index is 9.78. The van der Waals surface area contributed by atoms with Gasteiger partial charge in [-0.1, -0.05) is 55.5 Å². The first-order chi connectivity index (χ1) is 9.16. The number of hydrogen-bond donors (Lipinski definition) is 1. The van der Waals surface area contributed by atoms with Gasteiger partial charge >= 0.3 is 0 Å². The Labute approximate surface area is 117 Å². The lowest BCUT2D eigenvalue weighted by Crippen LogP contribution is -2.48. The van der Waals surface area contributed by atoms with Gasteiger partial charge in [-0.3, -0.25) is 4.90 Å². The van der Waals surface area contributed by atoms with Crippen molar-refractivity contribution in [1.29, 1.82) is 0 Å². The lowest BCUT2D eigenvalue weighted by molar-refractivity contribution is 0.0153. The molecule has 1 N–H and O–H groups in total. The molecule has 0 spiro atoms. The molecule has 0 unspecified atom stereocenters. The summed E-state index contributed by atoms with van der Waals surface area (Å²) in [7, 11) is 2.08. The van der Waals surface area contributed by atoms with Crippen LogP contribution in [0.4, 0.5) is 0 Å². The van der Waals surface area contributed by atoms with E-state index in [1.807, 2.05) is 18.2 Å². The van der Waals surface area contributed by atoms with Crippen molar-refractivity contribution < 1.29 is 5.11 Å². The molecule has 2 heteroatoms. The topological polar surface area (TPSA) is 23.5 Å². The summed E-state index contributed by atoms with van der Waals surface area (Å²) in [5, 5.41) is 9.78. The van der Waals surface area contributed by atoms with E-state index >= 15 is 0 Å². The number of likely N-dealkylation sites (N-methyl/N-ethyl adjacent to an activating group) is 1. The van der Waals surface area contributed by atoms with Crippen LogP contribution in [0.3, 0.4) is 0 Å². The molecule has 0 radical (unpaired) electrons. The molecule has 1 saturated heterocycles. The lowest BCUT2D eigenvalue weighted by Gasteiger charge is -2.39. The van der Waals surface area contributed by atoms with Gasteiger partial charge in [-0.2, -0.15) is 0 Å². The van der Waals surface area contributed by atoms with Crippen LogP contribution < -0.4 is 0 Å². The molecule has 1 rings (SSSR count). The first-order valence-corrected chi connectivity index (χ1v) is 7.23. The zero-order valence-corrected chi connectivity index (χ0v) is 12.4. The van der Waals surface area contributed by atoms with E-state index in [2.05, 4.69) is 56.2 Å². The Kier molecular flexibility index (Phi) is 7.46. The van der Waals surface area contributed by atoms with Gasteiger partial charge in [-0.15, -0.1) is 0 Å². The van der Waals surface area contributed by atoms with Gasteiger partial charge in [0, 0.05) is 12.1 Å². The van der Waals surface area contributed by atoms with Gasteiger partial charge in [-0.25, -0.2) is 0 Å². The van der Waals surface area contributed by atoms with E-state index in [1.54, 1.807) is 0 Å². The minimum Gasteiger partial charge on any atom is -0.392 e. The number of aliphatic hydroxyl groups is 1. The summed E-state index contributed by atoms with van der Waals surface area (Å²) in [4.78, 5) is 2.25. The van der Waals surface area contributed by atoms with E-state index in [0.717, 1.165) is 19.3 Å². The average Bonchev–Trinajstić information content (AvgIpc) is 2.41. The van der Waals surface area contributed by atoms with Gasteiger partial charge in [0.1, 0.15) is 0 Å². The van der Waals surface area contributed by atoms with Crippen LogP contribution in [-0.4, -0.2) is 35.2 Å². The summed E-state index contributed by atoms with van der Waals surface area (Å²) < 4.78 is 0. The van der Waals surface area contributed by atoms with E-state index in [1.165, 1.54) is 0 Å². The van der Waals surface area contributed by atoms with Crippen molar-refractivity contribution >= 4 is 0 Å². The fraction of sp³-hybridized carbons (Fsp3) is 0.529. The smallest absolute Gasteiger partial charge is 0.0693 e. The first kappa shape index (κ1) is 15.9. The number of allylic oxidation sites excluding steroid dienone is 7. The van der Waals surface area contributed by atoms with Crippen LogP contribution in [0, 0.1) is 0 Å². The highest BCUT2D eigenvalue weighted by atomic mass is 16.3. The number of rotatable bonds is 5. The normalized spacial score (nSPS) is 30.4. The highest BCUT2D eigenvalue weighted by Gasteiger charge is 2.28. The van der Waals surface area contributed by atoms with Crippen LogP contribution >= 0.6 is 0 Å². The minimum atomic E-state index is -0.182. The van der Waals surface area contributed by atoms with Crippen molar-refractivity contribution in [1.82, 2.24) is 4.90 Å². The lowest BCUT2D eigenvalue weighted by atomic mass is 9.94. The van der Waals surface area contributed by atoms with Crippen molar-refractivity contribution in [2.24, 2.45) is 0 Å². The van der Waals surface area contributed by atoms with Crippen LogP contribution in [0.5, 0.6) is 0 Å². The molecule has 0 saturated carbocycles. The highest BCUT2D eigenvalue weighted by molar-refractivity contribution is 5.16. The Morgan fingerprint density at radius 1 is 1.05 bits per heavy atom. The molecule has 3 atom stereocenters. The molecule has 0 aromatic heterocycles. The van der Waals surface area contributed by atoms with Crippen molar-refractivity contribution in [3.05, 3.63) is 48.6 Å². The van der Waals surface area contributed by atoms with Crippen molar-refractivity contribution in [2.75, 3.05) is 7.05 Å². The summed E-state index contributed by atoms with van der Waals surface area (Å²) in [6.45, 7) is 4.21. The maximum Gasteiger partial charge on any atom is 0.0693 e. The predicted octanol–water partition coefficient (Wildman–Crippen LogP) is 3.46. The quantitative estimate of drug-likeness (QED) is 0.766. The standard InChI is InChI=1S/C17H27NO/c1-4-5-6-7-8-9-10-11-12-16-13-14-17(19)15(2)18(16)3/h5-12,15-17,19H,4,13-14H2,1-3H3/b6-5-,8-7+,10-9+,12-11+/t15-,16+,17-/m0/s1. The van der Waals surface area contributed by atoms with E-state index in [4.69, 9.17) is 0 Å². The third-order valence-electron chi connectivity index (χ3n) is 3.74. The number of hydrogen-bond acceptors (Lipinski definition) is 2. The summed E-state index contributed by atoms with van der Waals surface area (Å²) >= 11 is 0. The van der Waals surface area contributed by atoms with E-state index in [9.17, 15) is 5.11 Å². The second kappa shape index (κ2) is 8.89. The molecule has 1 fully saturated rings. The van der Waals surface area contributed by atoms with Crippen LogP contribution in [-0.2, 0) is 0 Å². The number of likely N-dealkylation sites (tertiary alicyclic amines) is 1. The third-order valence-corrected chi connectivity index (χ3v) is 3.74. The Bertz CT molecular complexity index is 354. The average molecular weight is 261 g/mol. The van der Waals surface area contributed by atoms with Gasteiger partial charge < -0.3 is 5.11 Å². The molecule has 106 valence electrons. The Hall–Kier alpha value is -1.12. The molecule has 1 aliphatic heterocycles. The van der Waals surface area contributed by atoms with E-state index < -0.39 is 0 Å². The first-order valence-electron chi connectivity index (χ1n) is 7.23. The van der Waals surface area contributed by atoms with Crippen molar-refractivity contribution in [2.45, 2.75) is 51.3 Å². The summed E-state index contributed by atoms with van der Waals surface area (Å²) in [5.41, 5.74) is 0. The van der Waals surface area contributed by atoms with Crippen LogP contribution in [0.1, 0.15) is 33.1 Å². The van der Waals surface area contributed by atoms with Crippen molar-refractivity contribution in [3.8, 4) is 0 Å². The van der Waals surface area contributed by atoms with Crippen LogP contribution in [0.2, 0.25) is 0 Å². The fourth-order valence-corrected chi connectivity index (χ4v) is 2.26. The Morgan fingerprint density at radius 2 is 1.68 bits per heavy atom. The summed E-state index contributed by atoms with van der Waals surface area (Å²) in [6, 6.07) is 0.679. The molecule has 19 heavy (non-hydrogen) atoms. The number of nitrogens with zero attached hydrogens (tertiary/aromatic N) is 1. The molecular weight excluding hydrogens is 234 g/mol. The van der Waals surface area contributed by atoms with Crippen LogP contribution in [0.15, 0.2) is 48.6 Å². The summed E-state index contributed by atoms with van der Waals surface area (Å²) in [6.07, 6.45) is 19.5. The second-order valence-electron chi connectivity index (χ2n) is 5.11. The number of piperidine rings is 1. The fourth-order valence-electron chi connectivity index (χ4n) is 2.26. The maximum absolute atomic E-state index is 9.78. The second-order valence-corrected chi connectivity index (χ2v) is 5.11. The molecule has 0 bridgehead atoms. The Morgan fingerprint density at radius 3 is 2.37 bits per heavy atom. The monoisotopic (exact) mass is 261 g/mol. The molecule has 0 aromatic rings. The molecule has 0 aliphatic carbocycles. The third kappa shape index (κ3) is 5.58. The minimum absolute atomic E-state index is 0.182. The van der Waals surface area contributed by atoms with Gasteiger partial charge in [0.25, 0.3) is 0 Å². The van der Waals surface area contributed by atoms with Gasteiger partial charge in [0.2, 0.25) is 0 Å². The Balaban J connectivity index is 2.38. The molecule has 0 amide bonds. The number of aliphatic hydroxyl groups excluding tert-OH is 1. The predicted molar refractivity (Wildman–Crippen MR) is 83.1 cm³/mol. The zero-order valence-electron chi connectivity index (χ0n) is 12.4. The zero-order chi connectivity index (χ0) is 14.1. The van der Waals surface area contributed by atoms with Gasteiger partial charge in [-0.05, 0) is 33.2 Å². The van der Waals surface area contributed by atoms with Gasteiger partial charge in [0.05, 0.1) is 6.10 Å². The summed E-state index contributed by atoms with van der Waals surface area (Å²) in [5.74, 6) is 0.